The molecule has 1 aromatic rings. The second kappa shape index (κ2) is 5.08. The third kappa shape index (κ3) is 3.05. The lowest BCUT2D eigenvalue weighted by Crippen LogP contribution is -2.41. The molecule has 0 aromatic carbocycles. The first-order valence-electron chi connectivity index (χ1n) is 6.45. The topological polar surface area (TPSA) is 51.6 Å². The Labute approximate surface area is 114 Å². The number of nitrogens with zero attached hydrogens (tertiary/aromatic N) is 1. The fourth-order valence-electron chi connectivity index (χ4n) is 1.82. The van der Waals surface area contributed by atoms with E-state index in [1.165, 1.54) is 0 Å². The van der Waals surface area contributed by atoms with E-state index in [1.807, 2.05) is 51.9 Å². The molecular formula is C14H20BNO3. The molecule has 1 aliphatic heterocycles. The third-order valence-corrected chi connectivity index (χ3v) is 3.69. The van der Waals surface area contributed by atoms with Crippen LogP contribution in [0.3, 0.4) is 0 Å². The number of aromatic nitrogens is 1. The van der Waals surface area contributed by atoms with Gasteiger partial charge < -0.3 is 14.4 Å². The van der Waals surface area contributed by atoms with Gasteiger partial charge >= 0.3 is 7.12 Å². The monoisotopic (exact) mass is 261 g/mol. The zero-order valence-electron chi connectivity index (χ0n) is 11.9. The highest BCUT2D eigenvalue weighted by atomic mass is 16.7. The van der Waals surface area contributed by atoms with Crippen LogP contribution in [-0.2, 0) is 15.9 Å². The van der Waals surface area contributed by atoms with Crippen molar-refractivity contribution in [1.82, 2.24) is 4.98 Å². The van der Waals surface area contributed by atoms with E-state index in [1.54, 1.807) is 6.07 Å². The molecule has 1 aliphatic rings. The molecule has 2 heterocycles. The minimum Gasteiger partial charge on any atom is -0.400 e. The van der Waals surface area contributed by atoms with Gasteiger partial charge in [0, 0.05) is 0 Å². The Bertz CT molecular complexity index is 469. The van der Waals surface area contributed by atoms with E-state index in [0.717, 1.165) is 5.69 Å². The summed E-state index contributed by atoms with van der Waals surface area (Å²) in [7, 11) is -0.371. The van der Waals surface area contributed by atoms with Crippen LogP contribution < -0.4 is 0 Å². The molecule has 0 spiro atoms. The summed E-state index contributed by atoms with van der Waals surface area (Å²) in [4.78, 5) is 4.28. The van der Waals surface area contributed by atoms with Gasteiger partial charge in [-0.3, -0.25) is 4.98 Å². The van der Waals surface area contributed by atoms with Crippen molar-refractivity contribution in [3.05, 3.63) is 35.6 Å². The Kier molecular flexibility index (Phi) is 3.81. The average Bonchev–Trinajstić information content (AvgIpc) is 2.56. The van der Waals surface area contributed by atoms with Crippen molar-refractivity contribution >= 4 is 13.2 Å². The normalized spacial score (nSPS) is 21.2. The van der Waals surface area contributed by atoms with Gasteiger partial charge in [0.2, 0.25) is 0 Å². The summed E-state index contributed by atoms with van der Waals surface area (Å²) >= 11 is 0. The van der Waals surface area contributed by atoms with Crippen LogP contribution in [0.2, 0.25) is 0 Å². The van der Waals surface area contributed by atoms with Gasteiger partial charge in [0.1, 0.15) is 0 Å². The third-order valence-electron chi connectivity index (χ3n) is 3.69. The zero-order valence-corrected chi connectivity index (χ0v) is 11.9. The second-order valence-corrected chi connectivity index (χ2v) is 5.70. The van der Waals surface area contributed by atoms with Crippen molar-refractivity contribution in [3.8, 4) is 0 Å². The zero-order chi connectivity index (χ0) is 14.1. The molecule has 1 N–H and O–H groups in total. The van der Waals surface area contributed by atoms with Crippen LogP contribution in [0.1, 0.15) is 39.1 Å². The van der Waals surface area contributed by atoms with Crippen molar-refractivity contribution in [2.24, 2.45) is 0 Å². The smallest absolute Gasteiger partial charge is 0.400 e. The SMILES string of the molecule is CC1(C)OB(/C=C/c2cccc(CO)n2)OC1(C)C. The van der Waals surface area contributed by atoms with E-state index in [-0.39, 0.29) is 24.9 Å². The van der Waals surface area contributed by atoms with E-state index in [9.17, 15) is 0 Å². The molecular weight excluding hydrogens is 241 g/mol. The van der Waals surface area contributed by atoms with Crippen LogP contribution in [0.4, 0.5) is 0 Å². The molecule has 5 heteroatoms. The van der Waals surface area contributed by atoms with Gasteiger partial charge in [0.15, 0.2) is 0 Å². The van der Waals surface area contributed by atoms with Gasteiger partial charge in [-0.1, -0.05) is 12.0 Å². The molecule has 0 bridgehead atoms. The fourth-order valence-corrected chi connectivity index (χ4v) is 1.82. The lowest BCUT2D eigenvalue weighted by Gasteiger charge is -2.32. The molecule has 1 fully saturated rings. The van der Waals surface area contributed by atoms with Gasteiger partial charge in [0.25, 0.3) is 0 Å². The molecule has 2 rings (SSSR count). The summed E-state index contributed by atoms with van der Waals surface area (Å²) in [6, 6.07) is 5.52. The van der Waals surface area contributed by atoms with Gasteiger partial charge in [-0.05, 0) is 45.9 Å². The maximum absolute atomic E-state index is 9.04. The summed E-state index contributed by atoms with van der Waals surface area (Å²) in [5.41, 5.74) is 0.766. The highest BCUT2D eigenvalue weighted by Crippen LogP contribution is 2.36. The van der Waals surface area contributed by atoms with Crippen molar-refractivity contribution < 1.29 is 14.4 Å². The molecule has 0 aliphatic carbocycles. The van der Waals surface area contributed by atoms with E-state index in [2.05, 4.69) is 4.98 Å². The second-order valence-electron chi connectivity index (χ2n) is 5.70. The quantitative estimate of drug-likeness (QED) is 0.847. The number of aliphatic hydroxyl groups is 1. The van der Waals surface area contributed by atoms with Crippen molar-refractivity contribution in [2.45, 2.75) is 45.5 Å². The molecule has 1 saturated heterocycles. The van der Waals surface area contributed by atoms with E-state index in [4.69, 9.17) is 14.4 Å². The van der Waals surface area contributed by atoms with Gasteiger partial charge in [-0.2, -0.15) is 0 Å². The summed E-state index contributed by atoms with van der Waals surface area (Å²) < 4.78 is 11.7. The van der Waals surface area contributed by atoms with Crippen molar-refractivity contribution in [2.75, 3.05) is 0 Å². The van der Waals surface area contributed by atoms with Crippen LogP contribution in [0.15, 0.2) is 24.2 Å². The van der Waals surface area contributed by atoms with Gasteiger partial charge in [-0.25, -0.2) is 0 Å². The highest BCUT2D eigenvalue weighted by Gasteiger charge is 2.49. The highest BCUT2D eigenvalue weighted by molar-refractivity contribution is 6.52. The molecule has 0 saturated carbocycles. The molecule has 0 atom stereocenters. The van der Waals surface area contributed by atoms with Crippen LogP contribution in [-0.4, -0.2) is 28.4 Å². The van der Waals surface area contributed by atoms with Gasteiger partial charge in [-0.15, -0.1) is 0 Å². The van der Waals surface area contributed by atoms with Crippen LogP contribution in [0.5, 0.6) is 0 Å². The number of rotatable bonds is 3. The molecule has 0 unspecified atom stereocenters. The number of hydrogen-bond acceptors (Lipinski definition) is 4. The minimum atomic E-state index is -0.371. The maximum Gasteiger partial charge on any atom is 0.487 e. The lowest BCUT2D eigenvalue weighted by atomic mass is 9.89. The summed E-state index contributed by atoms with van der Waals surface area (Å²) in [6.07, 6.45) is 1.85. The number of pyridine rings is 1. The predicted octanol–water partition coefficient (Wildman–Crippen LogP) is 2.22. The van der Waals surface area contributed by atoms with Crippen LogP contribution in [0.25, 0.3) is 6.08 Å². The first kappa shape index (κ1) is 14.2. The fraction of sp³-hybridized carbons (Fsp3) is 0.500. The summed E-state index contributed by atoms with van der Waals surface area (Å²) in [5, 5.41) is 9.04. The summed E-state index contributed by atoms with van der Waals surface area (Å²) in [5.74, 6) is 1.85. The number of aliphatic hydroxyl groups excluding tert-OH is 1. The minimum absolute atomic E-state index is 0.0574. The van der Waals surface area contributed by atoms with Crippen molar-refractivity contribution in [1.29, 1.82) is 0 Å². The van der Waals surface area contributed by atoms with E-state index in [0.29, 0.717) is 5.69 Å². The van der Waals surface area contributed by atoms with Crippen molar-refractivity contribution in [3.63, 3.8) is 0 Å². The maximum atomic E-state index is 9.04. The standard InChI is InChI=1S/C14H20BNO3/c1-13(2)14(3,4)19-15(18-13)9-8-11-6-5-7-12(10-17)16-11/h5-9,17H,10H2,1-4H3/b9-8+. The first-order valence-corrected chi connectivity index (χ1v) is 6.45. The molecule has 4 nitrogen and oxygen atoms in total. The van der Waals surface area contributed by atoms with Gasteiger partial charge in [0.05, 0.1) is 29.2 Å². The first-order chi connectivity index (χ1) is 8.84. The Morgan fingerprint density at radius 3 is 2.42 bits per heavy atom. The molecule has 1 aromatic heterocycles. The average molecular weight is 261 g/mol. The van der Waals surface area contributed by atoms with E-state index >= 15 is 0 Å². The Morgan fingerprint density at radius 2 is 1.84 bits per heavy atom. The molecule has 19 heavy (non-hydrogen) atoms. The molecule has 102 valence electrons. The molecule has 0 amide bonds. The Hall–Kier alpha value is -1.17. The Morgan fingerprint density at radius 1 is 1.21 bits per heavy atom. The van der Waals surface area contributed by atoms with Crippen LogP contribution >= 0.6 is 0 Å². The lowest BCUT2D eigenvalue weighted by molar-refractivity contribution is 0.00578. The van der Waals surface area contributed by atoms with E-state index < -0.39 is 0 Å². The number of hydrogen-bond donors (Lipinski definition) is 1. The summed E-state index contributed by atoms with van der Waals surface area (Å²) in [6.45, 7) is 8.02. The Balaban J connectivity index is 2.08. The molecule has 0 radical (unpaired) electrons. The largest absolute Gasteiger partial charge is 0.487 e. The predicted molar refractivity (Wildman–Crippen MR) is 75.3 cm³/mol. The van der Waals surface area contributed by atoms with Crippen LogP contribution in [0, 0.1) is 0 Å².